The molecule has 0 aromatic heterocycles. The summed E-state index contributed by atoms with van der Waals surface area (Å²) in [5.41, 5.74) is -0.697. The highest BCUT2D eigenvalue weighted by molar-refractivity contribution is 7.99. The van der Waals surface area contributed by atoms with E-state index in [2.05, 4.69) is 19.2 Å². The zero-order valence-corrected chi connectivity index (χ0v) is 13.9. The van der Waals surface area contributed by atoms with Crippen molar-refractivity contribution in [3.05, 3.63) is 30.1 Å². The Bertz CT molecular complexity index is 452. The molecular formula is C16H24FNO2S. The lowest BCUT2D eigenvalue weighted by molar-refractivity contribution is -0.148. The first-order valence-electron chi connectivity index (χ1n) is 7.17. The van der Waals surface area contributed by atoms with E-state index in [1.807, 2.05) is 6.92 Å². The summed E-state index contributed by atoms with van der Waals surface area (Å²) in [5.74, 6) is -0.487. The third kappa shape index (κ3) is 5.67. The molecule has 0 aliphatic heterocycles. The van der Waals surface area contributed by atoms with Gasteiger partial charge in [-0.1, -0.05) is 13.8 Å². The second kappa shape index (κ2) is 8.39. The van der Waals surface area contributed by atoms with Crippen LogP contribution < -0.4 is 5.32 Å². The van der Waals surface area contributed by atoms with Crippen molar-refractivity contribution in [1.29, 1.82) is 0 Å². The third-order valence-corrected chi connectivity index (χ3v) is 4.36. The summed E-state index contributed by atoms with van der Waals surface area (Å²) in [4.78, 5) is 13.0. The number of carbonyl (C=O) groups is 1. The zero-order valence-electron chi connectivity index (χ0n) is 13.1. The lowest BCUT2D eigenvalue weighted by Crippen LogP contribution is -2.51. The van der Waals surface area contributed by atoms with Gasteiger partial charge in [-0.25, -0.2) is 4.39 Å². The van der Waals surface area contributed by atoms with Crippen LogP contribution in [0.4, 0.5) is 4.39 Å². The Labute approximate surface area is 130 Å². The average Bonchev–Trinajstić information content (AvgIpc) is 2.46. The van der Waals surface area contributed by atoms with Crippen LogP contribution in [-0.2, 0) is 9.53 Å². The average molecular weight is 313 g/mol. The van der Waals surface area contributed by atoms with Crippen LogP contribution in [0.5, 0.6) is 0 Å². The van der Waals surface area contributed by atoms with Gasteiger partial charge in [-0.3, -0.25) is 4.79 Å². The van der Waals surface area contributed by atoms with Crippen LogP contribution in [0.1, 0.15) is 33.6 Å². The molecule has 1 N–H and O–H groups in total. The fourth-order valence-corrected chi connectivity index (χ4v) is 3.39. The minimum atomic E-state index is -0.697. The molecular weight excluding hydrogens is 289 g/mol. The van der Waals surface area contributed by atoms with E-state index in [0.29, 0.717) is 6.42 Å². The van der Waals surface area contributed by atoms with Crippen molar-refractivity contribution in [2.75, 3.05) is 13.7 Å². The monoisotopic (exact) mass is 313 g/mol. The number of thioether (sulfide) groups is 1. The fourth-order valence-electron chi connectivity index (χ4n) is 2.22. The molecule has 1 rings (SSSR count). The minimum absolute atomic E-state index is 0.198. The predicted molar refractivity (Wildman–Crippen MR) is 85.1 cm³/mol. The van der Waals surface area contributed by atoms with E-state index in [-0.39, 0.29) is 17.0 Å². The molecule has 0 heterocycles. The first-order chi connectivity index (χ1) is 9.91. The number of benzene rings is 1. The summed E-state index contributed by atoms with van der Waals surface area (Å²) in [6.45, 7) is 6.75. The predicted octanol–water partition coefficient (Wildman–Crippen LogP) is 3.63. The van der Waals surface area contributed by atoms with Crippen molar-refractivity contribution >= 4 is 17.7 Å². The Balaban J connectivity index is 2.68. The SMILES string of the molecule is CCCNC(C)(CC(C)Sc1ccc(F)cc1)C(=O)OC. The molecule has 3 nitrogen and oxygen atoms in total. The van der Waals surface area contributed by atoms with Gasteiger partial charge in [-0.15, -0.1) is 11.8 Å². The maximum Gasteiger partial charge on any atom is 0.325 e. The molecule has 0 fully saturated rings. The molecule has 0 aliphatic carbocycles. The standard InChI is InChI=1S/C16H24FNO2S/c1-5-10-18-16(3,15(19)20-4)11-12(2)21-14-8-6-13(17)7-9-14/h6-9,12,18H,5,10-11H2,1-4H3. The molecule has 5 heteroatoms. The van der Waals surface area contributed by atoms with E-state index in [1.165, 1.54) is 19.2 Å². The van der Waals surface area contributed by atoms with Gasteiger partial charge in [0.25, 0.3) is 0 Å². The molecule has 1 aromatic rings. The van der Waals surface area contributed by atoms with Gasteiger partial charge in [-0.05, 0) is 50.6 Å². The number of halogens is 1. The van der Waals surface area contributed by atoms with Crippen LogP contribution in [0.25, 0.3) is 0 Å². The van der Waals surface area contributed by atoms with Crippen LogP contribution in [0.3, 0.4) is 0 Å². The Kier molecular flexibility index (Phi) is 7.18. The quantitative estimate of drug-likeness (QED) is 0.587. The van der Waals surface area contributed by atoms with Gasteiger partial charge in [0, 0.05) is 10.1 Å². The van der Waals surface area contributed by atoms with E-state index >= 15 is 0 Å². The maximum absolute atomic E-state index is 12.9. The highest BCUT2D eigenvalue weighted by atomic mass is 32.2. The molecule has 0 saturated heterocycles. The first-order valence-corrected chi connectivity index (χ1v) is 8.05. The molecule has 0 bridgehead atoms. The largest absolute Gasteiger partial charge is 0.468 e. The maximum atomic E-state index is 12.9. The number of hydrogen-bond acceptors (Lipinski definition) is 4. The van der Waals surface area contributed by atoms with E-state index in [0.717, 1.165) is 17.9 Å². The molecule has 0 radical (unpaired) electrons. The normalized spacial score (nSPS) is 15.3. The van der Waals surface area contributed by atoms with Gasteiger partial charge in [-0.2, -0.15) is 0 Å². The number of carbonyl (C=O) groups excluding carboxylic acids is 1. The number of nitrogens with one attached hydrogen (secondary N) is 1. The first kappa shape index (κ1) is 18.0. The molecule has 0 spiro atoms. The van der Waals surface area contributed by atoms with Gasteiger partial charge in [0.1, 0.15) is 11.4 Å². The molecule has 118 valence electrons. The lowest BCUT2D eigenvalue weighted by Gasteiger charge is -2.30. The Morgan fingerprint density at radius 1 is 1.43 bits per heavy atom. The highest BCUT2D eigenvalue weighted by Crippen LogP contribution is 2.29. The summed E-state index contributed by atoms with van der Waals surface area (Å²) >= 11 is 1.63. The Morgan fingerprint density at radius 2 is 2.05 bits per heavy atom. The fraction of sp³-hybridized carbons (Fsp3) is 0.562. The zero-order chi connectivity index (χ0) is 15.9. The van der Waals surface area contributed by atoms with E-state index in [4.69, 9.17) is 4.74 Å². The summed E-state index contributed by atoms with van der Waals surface area (Å²) in [5, 5.41) is 3.47. The summed E-state index contributed by atoms with van der Waals surface area (Å²) in [6, 6.07) is 6.41. The summed E-state index contributed by atoms with van der Waals surface area (Å²) in [7, 11) is 1.41. The van der Waals surface area contributed by atoms with Crippen molar-refractivity contribution in [3.8, 4) is 0 Å². The molecule has 2 unspecified atom stereocenters. The minimum Gasteiger partial charge on any atom is -0.468 e. The van der Waals surface area contributed by atoms with Crippen molar-refractivity contribution in [2.24, 2.45) is 0 Å². The second-order valence-electron chi connectivity index (χ2n) is 5.34. The van der Waals surface area contributed by atoms with Crippen LogP contribution in [0, 0.1) is 5.82 Å². The smallest absolute Gasteiger partial charge is 0.325 e. The summed E-state index contributed by atoms with van der Waals surface area (Å²) in [6.07, 6.45) is 1.59. The van der Waals surface area contributed by atoms with E-state index in [9.17, 15) is 9.18 Å². The van der Waals surface area contributed by atoms with Crippen LogP contribution >= 0.6 is 11.8 Å². The molecule has 2 atom stereocenters. The Morgan fingerprint density at radius 3 is 2.57 bits per heavy atom. The summed E-state index contributed by atoms with van der Waals surface area (Å²) < 4.78 is 17.8. The Hall–Kier alpha value is -1.07. The van der Waals surface area contributed by atoms with Crippen molar-refractivity contribution < 1.29 is 13.9 Å². The third-order valence-electron chi connectivity index (χ3n) is 3.25. The van der Waals surface area contributed by atoms with Gasteiger partial charge in [0.2, 0.25) is 0 Å². The van der Waals surface area contributed by atoms with Crippen LogP contribution in [0.15, 0.2) is 29.2 Å². The number of esters is 1. The number of hydrogen-bond donors (Lipinski definition) is 1. The van der Waals surface area contributed by atoms with Gasteiger partial charge in [0.15, 0.2) is 0 Å². The molecule has 1 aromatic carbocycles. The second-order valence-corrected chi connectivity index (χ2v) is 6.85. The molecule has 0 saturated carbocycles. The lowest BCUT2D eigenvalue weighted by atomic mass is 9.96. The van der Waals surface area contributed by atoms with Crippen molar-refractivity contribution in [3.63, 3.8) is 0 Å². The van der Waals surface area contributed by atoms with Gasteiger partial charge in [0.05, 0.1) is 7.11 Å². The van der Waals surface area contributed by atoms with Gasteiger partial charge < -0.3 is 10.1 Å². The highest BCUT2D eigenvalue weighted by Gasteiger charge is 2.35. The molecule has 0 amide bonds. The van der Waals surface area contributed by atoms with Gasteiger partial charge >= 0.3 is 5.97 Å². The van der Waals surface area contributed by atoms with Crippen LogP contribution in [-0.4, -0.2) is 30.4 Å². The number of ether oxygens (including phenoxy) is 1. The van der Waals surface area contributed by atoms with E-state index < -0.39 is 5.54 Å². The molecule has 21 heavy (non-hydrogen) atoms. The van der Waals surface area contributed by atoms with E-state index in [1.54, 1.807) is 23.9 Å². The number of methoxy groups -OCH3 is 1. The topological polar surface area (TPSA) is 38.3 Å². The van der Waals surface area contributed by atoms with Crippen molar-refractivity contribution in [2.45, 2.75) is 49.3 Å². The number of rotatable bonds is 8. The molecule has 0 aliphatic rings. The van der Waals surface area contributed by atoms with Crippen LogP contribution in [0.2, 0.25) is 0 Å². The van der Waals surface area contributed by atoms with Crippen molar-refractivity contribution in [1.82, 2.24) is 5.32 Å².